The molecule has 0 bridgehead atoms. The van der Waals surface area contributed by atoms with Crippen LogP contribution in [0.15, 0.2) is 18.6 Å². The van der Waals surface area contributed by atoms with E-state index in [1.54, 1.807) is 23.2 Å². The van der Waals surface area contributed by atoms with Crippen molar-refractivity contribution in [3.63, 3.8) is 0 Å². The lowest BCUT2D eigenvalue weighted by atomic mass is 9.90. The normalized spacial score (nSPS) is 30.2. The summed E-state index contributed by atoms with van der Waals surface area (Å²) in [4.78, 5) is 8.59. The van der Waals surface area contributed by atoms with Gasteiger partial charge in [-0.05, 0) is 38.4 Å². The summed E-state index contributed by atoms with van der Waals surface area (Å²) in [5.74, 6) is 0. The lowest BCUT2D eigenvalue weighted by Crippen LogP contribution is -2.43. The fraction of sp³-hybridized carbons (Fsp3) is 0.588. The Morgan fingerprint density at radius 2 is 2.12 bits per heavy atom. The van der Waals surface area contributed by atoms with Crippen LogP contribution in [-0.4, -0.2) is 68.3 Å². The van der Waals surface area contributed by atoms with Crippen LogP contribution in [0.4, 0.5) is 5.69 Å². The highest BCUT2D eigenvalue weighted by atomic mass is 31.2. The number of aliphatic hydroxyl groups is 2. The van der Waals surface area contributed by atoms with E-state index in [1.807, 2.05) is 6.92 Å². The topological polar surface area (TPSA) is 106 Å². The number of nitrogen functional groups attached to an aromatic ring is 1. The van der Waals surface area contributed by atoms with Gasteiger partial charge in [0.05, 0.1) is 17.6 Å². The van der Waals surface area contributed by atoms with Gasteiger partial charge in [0.1, 0.15) is 17.7 Å². The van der Waals surface area contributed by atoms with E-state index < -0.39 is 30.9 Å². The summed E-state index contributed by atoms with van der Waals surface area (Å²) < 4.78 is 7.90. The van der Waals surface area contributed by atoms with E-state index in [4.69, 9.17) is 10.5 Å². The highest BCUT2D eigenvalue weighted by Gasteiger charge is 2.53. The first-order chi connectivity index (χ1) is 11.7. The Balaban J connectivity index is 1.95. The standard InChI is InChI=1S/C17H27N4O3P/c1-5-17(7-9-25(2,3)4)14(23)13(22)16(24-17)21-10-20-12-11(18)6-8-19-15(12)21/h6,8,10,13-14,16,22-23H,2,5,7,9H2,1,3-4H3,(H2,18,19)/t13-,14+,16-,17-/m1/s1. The van der Waals surface area contributed by atoms with E-state index in [1.165, 1.54) is 0 Å². The van der Waals surface area contributed by atoms with E-state index in [0.717, 1.165) is 6.16 Å². The second kappa shape index (κ2) is 6.40. The van der Waals surface area contributed by atoms with Crippen molar-refractivity contribution in [1.82, 2.24) is 14.5 Å². The molecule has 3 rings (SSSR count). The predicted molar refractivity (Wildman–Crippen MR) is 102 cm³/mol. The van der Waals surface area contributed by atoms with Gasteiger partial charge >= 0.3 is 0 Å². The third-order valence-electron chi connectivity index (χ3n) is 5.02. The molecule has 2 aromatic heterocycles. The first-order valence-corrected chi connectivity index (χ1v) is 11.5. The Morgan fingerprint density at radius 3 is 2.76 bits per heavy atom. The number of ether oxygens (including phenoxy) is 1. The maximum Gasteiger partial charge on any atom is 0.166 e. The van der Waals surface area contributed by atoms with Crippen LogP contribution < -0.4 is 5.73 Å². The number of fused-ring (bicyclic) bond motifs is 1. The van der Waals surface area contributed by atoms with Gasteiger partial charge in [0.2, 0.25) is 0 Å². The number of hydrogen-bond donors (Lipinski definition) is 3. The highest BCUT2D eigenvalue weighted by Crippen LogP contribution is 2.46. The van der Waals surface area contributed by atoms with Gasteiger partial charge in [-0.15, -0.1) is 13.2 Å². The molecule has 1 saturated heterocycles. The zero-order chi connectivity index (χ0) is 18.4. The van der Waals surface area contributed by atoms with Crippen LogP contribution in [-0.2, 0) is 4.74 Å². The molecule has 1 aliphatic rings. The van der Waals surface area contributed by atoms with Gasteiger partial charge < -0.3 is 20.7 Å². The van der Waals surface area contributed by atoms with Gasteiger partial charge in [-0.2, -0.15) is 0 Å². The van der Waals surface area contributed by atoms with Gasteiger partial charge in [-0.3, -0.25) is 4.57 Å². The summed E-state index contributed by atoms with van der Waals surface area (Å²) in [5, 5.41) is 21.4. The summed E-state index contributed by atoms with van der Waals surface area (Å²) in [6, 6.07) is 1.68. The zero-order valence-electron chi connectivity index (χ0n) is 15.0. The highest BCUT2D eigenvalue weighted by molar-refractivity contribution is 7.72. The molecule has 4 atom stereocenters. The zero-order valence-corrected chi connectivity index (χ0v) is 15.9. The van der Waals surface area contributed by atoms with Crippen molar-refractivity contribution in [1.29, 1.82) is 0 Å². The molecule has 1 aliphatic heterocycles. The van der Waals surface area contributed by atoms with Crippen molar-refractivity contribution in [3.05, 3.63) is 18.6 Å². The maximum absolute atomic E-state index is 10.7. The molecule has 0 radical (unpaired) electrons. The SMILES string of the molecule is C=P(C)(C)CC[C@@]1(CC)O[C@@H](n2cnc3c(N)ccnc32)[C@H](O)[C@@H]1O. The monoisotopic (exact) mass is 366 g/mol. The third-order valence-corrected chi connectivity index (χ3v) is 6.45. The third kappa shape index (κ3) is 3.22. The molecule has 1 fully saturated rings. The lowest BCUT2D eigenvalue weighted by molar-refractivity contribution is -0.106. The summed E-state index contributed by atoms with van der Waals surface area (Å²) in [6.07, 6.45) is 6.73. The summed E-state index contributed by atoms with van der Waals surface area (Å²) >= 11 is 0. The minimum Gasteiger partial charge on any atom is -0.397 e. The van der Waals surface area contributed by atoms with Crippen LogP contribution in [0.25, 0.3) is 11.2 Å². The predicted octanol–water partition coefficient (Wildman–Crippen LogP) is 1.51. The molecule has 0 aromatic carbocycles. The molecule has 0 spiro atoms. The molecule has 0 aliphatic carbocycles. The number of rotatable bonds is 5. The molecular formula is C17H27N4O3P. The van der Waals surface area contributed by atoms with Crippen LogP contribution in [0, 0.1) is 0 Å². The van der Waals surface area contributed by atoms with Crippen molar-refractivity contribution < 1.29 is 14.9 Å². The first kappa shape index (κ1) is 18.4. The molecule has 0 saturated carbocycles. The number of nitrogens with zero attached hydrogens (tertiary/aromatic N) is 3. The number of hydrogen-bond acceptors (Lipinski definition) is 6. The molecule has 0 amide bonds. The van der Waals surface area contributed by atoms with Crippen LogP contribution >= 0.6 is 6.89 Å². The fourth-order valence-electron chi connectivity index (χ4n) is 3.38. The summed E-state index contributed by atoms with van der Waals surface area (Å²) in [7, 11) is 0. The Kier molecular flexibility index (Phi) is 4.71. The number of imidazole rings is 1. The Morgan fingerprint density at radius 1 is 1.40 bits per heavy atom. The Bertz CT molecular complexity index is 817. The van der Waals surface area contributed by atoms with E-state index >= 15 is 0 Å². The van der Waals surface area contributed by atoms with Crippen molar-refractivity contribution in [2.75, 3.05) is 25.2 Å². The fourth-order valence-corrected chi connectivity index (χ4v) is 4.36. The van der Waals surface area contributed by atoms with E-state index in [2.05, 4.69) is 29.6 Å². The second-order valence-electron chi connectivity index (χ2n) is 7.50. The minimum absolute atomic E-state index is 0.516. The van der Waals surface area contributed by atoms with Crippen LogP contribution in [0.5, 0.6) is 0 Å². The van der Waals surface area contributed by atoms with Crippen molar-refractivity contribution >= 4 is 30.0 Å². The van der Waals surface area contributed by atoms with Crippen molar-refractivity contribution in [2.24, 2.45) is 0 Å². The maximum atomic E-state index is 10.7. The van der Waals surface area contributed by atoms with E-state index in [9.17, 15) is 10.2 Å². The second-order valence-corrected chi connectivity index (χ2v) is 11.8. The van der Waals surface area contributed by atoms with Crippen LogP contribution in [0.2, 0.25) is 0 Å². The average molecular weight is 366 g/mol. The molecular weight excluding hydrogens is 339 g/mol. The van der Waals surface area contributed by atoms with E-state index in [-0.39, 0.29) is 0 Å². The summed E-state index contributed by atoms with van der Waals surface area (Å²) in [5.41, 5.74) is 6.75. The van der Waals surface area contributed by atoms with Crippen molar-refractivity contribution in [3.8, 4) is 0 Å². The molecule has 138 valence electrons. The quantitative estimate of drug-likeness (QED) is 0.693. The molecule has 4 N–H and O–H groups in total. The van der Waals surface area contributed by atoms with Crippen LogP contribution in [0.1, 0.15) is 26.0 Å². The van der Waals surface area contributed by atoms with Crippen molar-refractivity contribution in [2.45, 2.75) is 43.8 Å². The van der Waals surface area contributed by atoms with Gasteiger partial charge in [-0.25, -0.2) is 9.97 Å². The Labute approximate surface area is 147 Å². The molecule has 25 heavy (non-hydrogen) atoms. The lowest BCUT2D eigenvalue weighted by Gasteiger charge is -2.32. The van der Waals surface area contributed by atoms with E-state index in [0.29, 0.717) is 29.7 Å². The molecule has 2 aromatic rings. The average Bonchev–Trinajstić information content (AvgIpc) is 3.08. The van der Waals surface area contributed by atoms with Gasteiger partial charge in [0, 0.05) is 6.20 Å². The number of pyridine rings is 1. The number of aromatic nitrogens is 3. The number of nitrogens with two attached hydrogens (primary N) is 1. The number of anilines is 1. The Hall–Kier alpha value is -1.40. The first-order valence-electron chi connectivity index (χ1n) is 8.47. The largest absolute Gasteiger partial charge is 0.397 e. The number of aliphatic hydroxyl groups excluding tert-OH is 2. The molecule has 8 heteroatoms. The molecule has 7 nitrogen and oxygen atoms in total. The smallest absolute Gasteiger partial charge is 0.166 e. The van der Waals surface area contributed by atoms with Crippen LogP contribution in [0.3, 0.4) is 0 Å². The van der Waals surface area contributed by atoms with Gasteiger partial charge in [-0.1, -0.05) is 6.92 Å². The van der Waals surface area contributed by atoms with Gasteiger partial charge in [0.15, 0.2) is 11.9 Å². The minimum atomic E-state index is -1.27. The molecule has 3 heterocycles. The molecule has 0 unspecified atom stereocenters. The van der Waals surface area contributed by atoms with Gasteiger partial charge in [0.25, 0.3) is 0 Å². The summed E-state index contributed by atoms with van der Waals surface area (Å²) in [6.45, 7) is 5.01.